The van der Waals surface area contributed by atoms with Gasteiger partial charge in [-0.05, 0) is 13.8 Å². The van der Waals surface area contributed by atoms with Crippen molar-refractivity contribution in [1.82, 2.24) is 15.3 Å². The van der Waals surface area contributed by atoms with Gasteiger partial charge in [0.25, 0.3) is 0 Å². The predicted octanol–water partition coefficient (Wildman–Crippen LogP) is 0.765. The average molecular weight is 237 g/mol. The molecule has 0 aromatic carbocycles. The summed E-state index contributed by atoms with van der Waals surface area (Å²) in [5.41, 5.74) is 0.887. The van der Waals surface area contributed by atoms with E-state index in [1.807, 2.05) is 19.9 Å². The van der Waals surface area contributed by atoms with Crippen LogP contribution in [0.5, 0.6) is 0 Å². The zero-order valence-corrected chi connectivity index (χ0v) is 10.5. The van der Waals surface area contributed by atoms with Gasteiger partial charge in [0, 0.05) is 38.3 Å². The molecule has 0 aliphatic heterocycles. The Morgan fingerprint density at radius 2 is 2.12 bits per heavy atom. The summed E-state index contributed by atoms with van der Waals surface area (Å²) in [6, 6.07) is 1.85. The van der Waals surface area contributed by atoms with Crippen LogP contribution in [0.1, 0.15) is 19.0 Å². The molecule has 1 aromatic heterocycles. The lowest BCUT2D eigenvalue weighted by molar-refractivity contribution is -0.120. The minimum absolute atomic E-state index is 0.00943. The van der Waals surface area contributed by atoms with Gasteiger partial charge in [0.15, 0.2) is 0 Å². The number of carbonyl (C=O) groups is 1. The molecular weight excluding hydrogens is 218 g/mol. The van der Waals surface area contributed by atoms with Crippen molar-refractivity contribution in [1.29, 1.82) is 0 Å². The molecule has 0 radical (unpaired) electrons. The van der Waals surface area contributed by atoms with Gasteiger partial charge in [-0.1, -0.05) is 0 Å². The van der Waals surface area contributed by atoms with Gasteiger partial charge in [-0.3, -0.25) is 4.79 Å². The summed E-state index contributed by atoms with van der Waals surface area (Å²) in [4.78, 5) is 19.6. The second kappa shape index (κ2) is 6.67. The van der Waals surface area contributed by atoms with Crippen LogP contribution in [-0.4, -0.2) is 36.0 Å². The SMILES string of the molecule is CCNc1nc(C)cc(NCCC(=O)NC)n1. The third-order valence-electron chi connectivity index (χ3n) is 2.13. The zero-order valence-electron chi connectivity index (χ0n) is 10.5. The Labute approximate surface area is 101 Å². The van der Waals surface area contributed by atoms with Crippen molar-refractivity contribution in [3.05, 3.63) is 11.8 Å². The van der Waals surface area contributed by atoms with Gasteiger partial charge in [-0.15, -0.1) is 0 Å². The summed E-state index contributed by atoms with van der Waals surface area (Å²) in [5.74, 6) is 1.35. The summed E-state index contributed by atoms with van der Waals surface area (Å²) in [5, 5.41) is 8.73. The minimum atomic E-state index is 0.00943. The molecule has 3 N–H and O–H groups in total. The molecule has 1 amide bonds. The maximum absolute atomic E-state index is 11.0. The van der Waals surface area contributed by atoms with Crippen molar-refractivity contribution >= 4 is 17.7 Å². The van der Waals surface area contributed by atoms with Gasteiger partial charge < -0.3 is 16.0 Å². The molecule has 6 heteroatoms. The maximum Gasteiger partial charge on any atom is 0.224 e. The van der Waals surface area contributed by atoms with Crippen LogP contribution in [0, 0.1) is 6.92 Å². The first-order chi connectivity index (χ1) is 8.15. The number of hydrogen-bond acceptors (Lipinski definition) is 5. The first-order valence-corrected chi connectivity index (χ1v) is 5.69. The molecule has 0 saturated heterocycles. The highest BCUT2D eigenvalue weighted by Crippen LogP contribution is 2.09. The van der Waals surface area contributed by atoms with E-state index < -0.39 is 0 Å². The molecule has 0 atom stereocenters. The number of nitrogens with one attached hydrogen (secondary N) is 3. The summed E-state index contributed by atoms with van der Waals surface area (Å²) >= 11 is 0. The highest BCUT2D eigenvalue weighted by atomic mass is 16.1. The fourth-order valence-electron chi connectivity index (χ4n) is 1.33. The Balaban J connectivity index is 2.55. The Morgan fingerprint density at radius 1 is 1.35 bits per heavy atom. The number of aromatic nitrogens is 2. The molecule has 6 nitrogen and oxygen atoms in total. The quantitative estimate of drug-likeness (QED) is 0.681. The van der Waals surface area contributed by atoms with E-state index in [1.54, 1.807) is 7.05 Å². The average Bonchev–Trinajstić information content (AvgIpc) is 2.28. The van der Waals surface area contributed by atoms with Crippen LogP contribution in [-0.2, 0) is 4.79 Å². The molecule has 1 rings (SSSR count). The number of nitrogens with zero attached hydrogens (tertiary/aromatic N) is 2. The zero-order chi connectivity index (χ0) is 12.7. The molecule has 0 aliphatic carbocycles. The van der Waals surface area contributed by atoms with Gasteiger partial charge in [0.05, 0.1) is 0 Å². The number of carbonyl (C=O) groups excluding carboxylic acids is 1. The van der Waals surface area contributed by atoms with Crippen LogP contribution >= 0.6 is 0 Å². The summed E-state index contributed by atoms with van der Waals surface area (Å²) in [6.45, 7) is 5.24. The van der Waals surface area contributed by atoms with E-state index >= 15 is 0 Å². The Bertz CT molecular complexity index is 380. The summed E-state index contributed by atoms with van der Waals surface area (Å²) in [6.07, 6.45) is 0.427. The lowest BCUT2D eigenvalue weighted by Crippen LogP contribution is -2.21. The highest BCUT2D eigenvalue weighted by Gasteiger charge is 2.02. The normalized spacial score (nSPS) is 9.82. The second-order valence-electron chi connectivity index (χ2n) is 3.60. The van der Waals surface area contributed by atoms with Crippen molar-refractivity contribution in [2.24, 2.45) is 0 Å². The van der Waals surface area contributed by atoms with Crippen LogP contribution in [0.25, 0.3) is 0 Å². The molecular formula is C11H19N5O. The highest BCUT2D eigenvalue weighted by molar-refractivity contribution is 5.76. The van der Waals surface area contributed by atoms with Crippen LogP contribution in [0.15, 0.2) is 6.07 Å². The van der Waals surface area contributed by atoms with Crippen molar-refractivity contribution in [2.45, 2.75) is 20.3 Å². The topological polar surface area (TPSA) is 78.9 Å². The van der Waals surface area contributed by atoms with Crippen LogP contribution < -0.4 is 16.0 Å². The first-order valence-electron chi connectivity index (χ1n) is 5.69. The van der Waals surface area contributed by atoms with E-state index in [-0.39, 0.29) is 5.91 Å². The first kappa shape index (κ1) is 13.2. The van der Waals surface area contributed by atoms with Crippen molar-refractivity contribution in [3.63, 3.8) is 0 Å². The van der Waals surface area contributed by atoms with E-state index in [4.69, 9.17) is 0 Å². The van der Waals surface area contributed by atoms with Crippen molar-refractivity contribution < 1.29 is 4.79 Å². The minimum Gasteiger partial charge on any atom is -0.369 e. The second-order valence-corrected chi connectivity index (χ2v) is 3.60. The van der Waals surface area contributed by atoms with Gasteiger partial charge in [0.2, 0.25) is 11.9 Å². The third kappa shape index (κ3) is 4.67. The van der Waals surface area contributed by atoms with Crippen molar-refractivity contribution in [3.8, 4) is 0 Å². The lowest BCUT2D eigenvalue weighted by atomic mass is 10.4. The van der Waals surface area contributed by atoms with Crippen LogP contribution in [0.4, 0.5) is 11.8 Å². The maximum atomic E-state index is 11.0. The van der Waals surface area contributed by atoms with E-state index in [0.717, 1.165) is 18.1 Å². The molecule has 0 unspecified atom stereocenters. The standard InChI is InChI=1S/C11H19N5O/c1-4-13-11-15-8(2)7-9(16-11)14-6-5-10(17)12-3/h7H,4-6H2,1-3H3,(H,12,17)(H2,13,14,15,16). The molecule has 1 aromatic rings. The number of rotatable bonds is 6. The van der Waals surface area contributed by atoms with E-state index in [2.05, 4.69) is 25.9 Å². The molecule has 0 saturated carbocycles. The van der Waals surface area contributed by atoms with E-state index in [1.165, 1.54) is 0 Å². The fraction of sp³-hybridized carbons (Fsp3) is 0.545. The Hall–Kier alpha value is -1.85. The fourth-order valence-corrected chi connectivity index (χ4v) is 1.33. The molecule has 1 heterocycles. The number of anilines is 2. The van der Waals surface area contributed by atoms with Gasteiger partial charge in [-0.2, -0.15) is 4.98 Å². The molecule has 0 aliphatic rings. The largest absolute Gasteiger partial charge is 0.369 e. The van der Waals surface area contributed by atoms with Crippen molar-refractivity contribution in [2.75, 3.05) is 30.8 Å². The number of aryl methyl sites for hydroxylation is 1. The monoisotopic (exact) mass is 237 g/mol. The Morgan fingerprint density at radius 3 is 2.76 bits per heavy atom. The van der Waals surface area contributed by atoms with Gasteiger partial charge in [0.1, 0.15) is 5.82 Å². The molecule has 94 valence electrons. The summed E-state index contributed by atoms with van der Waals surface area (Å²) < 4.78 is 0. The van der Waals surface area contributed by atoms with Gasteiger partial charge in [-0.25, -0.2) is 4.98 Å². The lowest BCUT2D eigenvalue weighted by Gasteiger charge is -2.08. The Kier molecular flexibility index (Phi) is 5.19. The van der Waals surface area contributed by atoms with E-state index in [0.29, 0.717) is 18.9 Å². The summed E-state index contributed by atoms with van der Waals surface area (Å²) in [7, 11) is 1.63. The molecule has 0 bridgehead atoms. The van der Waals surface area contributed by atoms with Gasteiger partial charge >= 0.3 is 0 Å². The number of amides is 1. The van der Waals surface area contributed by atoms with Crippen LogP contribution in [0.2, 0.25) is 0 Å². The molecule has 0 spiro atoms. The number of hydrogen-bond donors (Lipinski definition) is 3. The molecule has 17 heavy (non-hydrogen) atoms. The third-order valence-corrected chi connectivity index (χ3v) is 2.13. The predicted molar refractivity (Wildman–Crippen MR) is 68.1 cm³/mol. The smallest absolute Gasteiger partial charge is 0.224 e. The van der Waals surface area contributed by atoms with E-state index in [9.17, 15) is 4.79 Å². The molecule has 0 fully saturated rings. The van der Waals surface area contributed by atoms with Crippen LogP contribution in [0.3, 0.4) is 0 Å².